The van der Waals surface area contributed by atoms with Gasteiger partial charge in [-0.05, 0) is 25.2 Å². The summed E-state index contributed by atoms with van der Waals surface area (Å²) in [5.41, 5.74) is 0. The van der Waals surface area contributed by atoms with Gasteiger partial charge in [-0.2, -0.15) is 0 Å². The first-order chi connectivity index (χ1) is 12.1. The van der Waals surface area contributed by atoms with Crippen LogP contribution in [0.2, 0.25) is 0 Å². The Labute approximate surface area is 150 Å². The van der Waals surface area contributed by atoms with Gasteiger partial charge in [-0.1, -0.05) is 13.8 Å². The number of hydrogen-bond donors (Lipinski definition) is 2. The standard InChI is InChI=1S/C18H31N5O2/c1-14(2)12-22-9-10-25-15(13-22)11-21-18(24)23-8-4-3-5-16(23)17-19-6-7-20-17/h6-7,14-16H,3-5,8-13H2,1-2H3,(H,19,20)(H,21,24)/t15-,16+/m0/s1. The van der Waals surface area contributed by atoms with E-state index in [2.05, 4.69) is 34.0 Å². The average molecular weight is 349 g/mol. The number of aromatic amines is 1. The first kappa shape index (κ1) is 18.2. The van der Waals surface area contributed by atoms with Crippen LogP contribution >= 0.6 is 0 Å². The molecular formula is C18H31N5O2. The van der Waals surface area contributed by atoms with E-state index in [-0.39, 0.29) is 18.2 Å². The summed E-state index contributed by atoms with van der Waals surface area (Å²) >= 11 is 0. The molecule has 2 saturated heterocycles. The maximum absolute atomic E-state index is 12.7. The Morgan fingerprint density at radius 2 is 2.32 bits per heavy atom. The lowest BCUT2D eigenvalue weighted by Gasteiger charge is -2.36. The zero-order valence-electron chi connectivity index (χ0n) is 15.4. The molecule has 0 spiro atoms. The summed E-state index contributed by atoms with van der Waals surface area (Å²) in [4.78, 5) is 24.6. The Kier molecular flexibility index (Phi) is 6.31. The Morgan fingerprint density at radius 3 is 3.08 bits per heavy atom. The molecule has 1 aromatic heterocycles. The van der Waals surface area contributed by atoms with E-state index in [1.54, 1.807) is 6.20 Å². The smallest absolute Gasteiger partial charge is 0.318 e. The number of hydrogen-bond acceptors (Lipinski definition) is 4. The molecule has 2 aliphatic rings. The van der Waals surface area contributed by atoms with E-state index < -0.39 is 0 Å². The average Bonchev–Trinajstić information content (AvgIpc) is 3.14. The number of carbonyl (C=O) groups excluding carboxylic acids is 1. The lowest BCUT2D eigenvalue weighted by Crippen LogP contribution is -2.51. The topological polar surface area (TPSA) is 73.5 Å². The van der Waals surface area contributed by atoms with Crippen LogP contribution < -0.4 is 5.32 Å². The first-order valence-corrected chi connectivity index (χ1v) is 9.51. The number of urea groups is 1. The maximum atomic E-state index is 12.7. The van der Waals surface area contributed by atoms with Gasteiger partial charge in [0.2, 0.25) is 0 Å². The summed E-state index contributed by atoms with van der Waals surface area (Å²) in [6.07, 6.45) is 6.78. The Morgan fingerprint density at radius 1 is 1.44 bits per heavy atom. The molecule has 140 valence electrons. The monoisotopic (exact) mass is 349 g/mol. The van der Waals surface area contributed by atoms with Crippen LogP contribution in [0.5, 0.6) is 0 Å². The van der Waals surface area contributed by atoms with Crippen LogP contribution in [0, 0.1) is 5.92 Å². The van der Waals surface area contributed by atoms with E-state index in [4.69, 9.17) is 4.74 Å². The number of ether oxygens (including phenoxy) is 1. The van der Waals surface area contributed by atoms with E-state index in [9.17, 15) is 4.79 Å². The SMILES string of the molecule is CC(C)CN1CCO[C@@H](CNC(=O)N2CCCC[C@@H]2c2ncc[nH]2)C1. The normalized spacial score (nSPS) is 25.3. The number of nitrogens with zero attached hydrogens (tertiary/aromatic N) is 3. The van der Waals surface area contributed by atoms with Crippen molar-refractivity contribution < 1.29 is 9.53 Å². The highest BCUT2D eigenvalue weighted by Gasteiger charge is 2.30. The van der Waals surface area contributed by atoms with Gasteiger partial charge in [0.15, 0.2) is 0 Å². The molecule has 0 saturated carbocycles. The van der Waals surface area contributed by atoms with Gasteiger partial charge in [-0.3, -0.25) is 4.90 Å². The number of nitrogens with one attached hydrogen (secondary N) is 2. The minimum Gasteiger partial charge on any atom is -0.374 e. The van der Waals surface area contributed by atoms with Crippen molar-refractivity contribution >= 4 is 6.03 Å². The molecule has 2 N–H and O–H groups in total. The molecule has 0 radical (unpaired) electrons. The number of likely N-dealkylation sites (tertiary alicyclic amines) is 1. The van der Waals surface area contributed by atoms with Crippen LogP contribution in [0.4, 0.5) is 4.79 Å². The third kappa shape index (κ3) is 4.95. The van der Waals surface area contributed by atoms with E-state index >= 15 is 0 Å². The van der Waals surface area contributed by atoms with Crippen molar-refractivity contribution in [3.63, 3.8) is 0 Å². The van der Waals surface area contributed by atoms with E-state index in [1.807, 2.05) is 11.1 Å². The Balaban J connectivity index is 1.51. The van der Waals surface area contributed by atoms with Gasteiger partial charge in [-0.15, -0.1) is 0 Å². The van der Waals surface area contributed by atoms with Crippen molar-refractivity contribution in [2.45, 2.75) is 45.3 Å². The first-order valence-electron chi connectivity index (χ1n) is 9.51. The fraction of sp³-hybridized carbons (Fsp3) is 0.778. The third-order valence-corrected chi connectivity index (χ3v) is 4.93. The van der Waals surface area contributed by atoms with Crippen LogP contribution in [-0.4, -0.2) is 71.2 Å². The van der Waals surface area contributed by atoms with Crippen molar-refractivity contribution in [1.82, 2.24) is 25.1 Å². The van der Waals surface area contributed by atoms with Crippen molar-refractivity contribution in [2.24, 2.45) is 5.92 Å². The number of rotatable bonds is 5. The molecule has 2 aliphatic heterocycles. The van der Waals surface area contributed by atoms with Gasteiger partial charge >= 0.3 is 6.03 Å². The Hall–Kier alpha value is -1.60. The van der Waals surface area contributed by atoms with E-state index in [0.717, 1.165) is 57.9 Å². The molecule has 0 bridgehead atoms. The number of amides is 2. The van der Waals surface area contributed by atoms with Crippen molar-refractivity contribution in [1.29, 1.82) is 0 Å². The molecule has 0 aromatic carbocycles. The molecular weight excluding hydrogens is 318 g/mol. The molecule has 25 heavy (non-hydrogen) atoms. The lowest BCUT2D eigenvalue weighted by atomic mass is 10.0. The molecule has 7 nitrogen and oxygen atoms in total. The highest BCUT2D eigenvalue weighted by molar-refractivity contribution is 5.74. The van der Waals surface area contributed by atoms with Crippen molar-refractivity contribution in [3.05, 3.63) is 18.2 Å². The molecule has 7 heteroatoms. The summed E-state index contributed by atoms with van der Waals surface area (Å²) < 4.78 is 5.83. The number of H-pyrrole nitrogens is 1. The van der Waals surface area contributed by atoms with Gasteiger partial charge in [0.1, 0.15) is 5.82 Å². The molecule has 3 rings (SSSR count). The summed E-state index contributed by atoms with van der Waals surface area (Å²) in [6, 6.07) is 0.0409. The number of carbonyl (C=O) groups is 1. The van der Waals surface area contributed by atoms with Crippen LogP contribution in [0.15, 0.2) is 12.4 Å². The van der Waals surface area contributed by atoms with E-state index in [1.165, 1.54) is 0 Å². The minimum absolute atomic E-state index is 0.00863. The molecule has 2 atom stereocenters. The van der Waals surface area contributed by atoms with Crippen LogP contribution in [-0.2, 0) is 4.74 Å². The number of aromatic nitrogens is 2. The molecule has 2 fully saturated rings. The van der Waals surface area contributed by atoms with Crippen LogP contribution in [0.3, 0.4) is 0 Å². The third-order valence-electron chi connectivity index (χ3n) is 4.93. The number of imidazole rings is 1. The Bertz CT molecular complexity index is 534. The van der Waals surface area contributed by atoms with Gasteiger partial charge in [-0.25, -0.2) is 9.78 Å². The minimum atomic E-state index is -0.00863. The van der Waals surface area contributed by atoms with Gasteiger partial charge in [0.05, 0.1) is 18.8 Å². The molecule has 2 amide bonds. The predicted molar refractivity (Wildman–Crippen MR) is 96.3 cm³/mol. The largest absolute Gasteiger partial charge is 0.374 e. The number of piperidine rings is 1. The fourth-order valence-electron chi connectivity index (χ4n) is 3.81. The van der Waals surface area contributed by atoms with Crippen molar-refractivity contribution in [3.8, 4) is 0 Å². The molecule has 1 aromatic rings. The molecule has 3 heterocycles. The maximum Gasteiger partial charge on any atom is 0.318 e. The summed E-state index contributed by atoms with van der Waals surface area (Å²) in [7, 11) is 0. The van der Waals surface area contributed by atoms with Crippen molar-refractivity contribution in [2.75, 3.05) is 39.3 Å². The molecule has 0 unspecified atom stereocenters. The summed E-state index contributed by atoms with van der Waals surface area (Å²) in [5.74, 6) is 1.53. The van der Waals surface area contributed by atoms with E-state index in [0.29, 0.717) is 12.5 Å². The summed E-state index contributed by atoms with van der Waals surface area (Å²) in [6.45, 7) is 9.51. The number of morpholine rings is 1. The van der Waals surface area contributed by atoms with Crippen LogP contribution in [0.25, 0.3) is 0 Å². The van der Waals surface area contributed by atoms with Gasteiger partial charge < -0.3 is 19.9 Å². The quantitative estimate of drug-likeness (QED) is 0.853. The fourth-order valence-corrected chi connectivity index (χ4v) is 3.81. The van der Waals surface area contributed by atoms with Gasteiger partial charge in [0.25, 0.3) is 0 Å². The summed E-state index contributed by atoms with van der Waals surface area (Å²) in [5, 5.41) is 3.08. The zero-order chi connectivity index (χ0) is 17.6. The zero-order valence-corrected chi connectivity index (χ0v) is 15.4. The lowest BCUT2D eigenvalue weighted by molar-refractivity contribution is -0.0296. The highest BCUT2D eigenvalue weighted by Crippen LogP contribution is 2.28. The predicted octanol–water partition coefficient (Wildman–Crippen LogP) is 2.00. The molecule has 0 aliphatic carbocycles. The second-order valence-corrected chi connectivity index (χ2v) is 7.51. The van der Waals surface area contributed by atoms with Gasteiger partial charge in [0, 0.05) is 45.1 Å². The second kappa shape index (κ2) is 8.67. The second-order valence-electron chi connectivity index (χ2n) is 7.51. The highest BCUT2D eigenvalue weighted by atomic mass is 16.5. The van der Waals surface area contributed by atoms with Crippen LogP contribution in [0.1, 0.15) is 45.0 Å².